The average molecular weight is 486 g/mol. The summed E-state index contributed by atoms with van der Waals surface area (Å²) in [5, 5.41) is 15.9. The van der Waals surface area contributed by atoms with Crippen molar-refractivity contribution in [1.82, 2.24) is 19.2 Å². The molecule has 1 saturated heterocycles. The van der Waals surface area contributed by atoms with Gasteiger partial charge in [0, 0.05) is 56.3 Å². The van der Waals surface area contributed by atoms with Crippen LogP contribution in [-0.2, 0) is 13.0 Å². The average Bonchev–Trinajstić information content (AvgIpc) is 3.19. The van der Waals surface area contributed by atoms with E-state index < -0.39 is 6.23 Å². The van der Waals surface area contributed by atoms with Gasteiger partial charge in [0.05, 0.1) is 6.54 Å². The lowest BCUT2D eigenvalue weighted by atomic mass is 10.2. The van der Waals surface area contributed by atoms with Gasteiger partial charge in [0.1, 0.15) is 18.2 Å². The number of rotatable bonds is 10. The molecule has 1 aliphatic rings. The predicted molar refractivity (Wildman–Crippen MR) is 134 cm³/mol. The third-order valence-electron chi connectivity index (χ3n) is 6.14. The molecule has 0 bridgehead atoms. The van der Waals surface area contributed by atoms with Gasteiger partial charge in [-0.3, -0.25) is 9.47 Å². The van der Waals surface area contributed by atoms with E-state index in [-0.39, 0.29) is 5.69 Å². The van der Waals surface area contributed by atoms with Crippen LogP contribution in [0.2, 0.25) is 5.02 Å². The van der Waals surface area contributed by atoms with Crippen molar-refractivity contribution in [2.24, 2.45) is 0 Å². The van der Waals surface area contributed by atoms with Gasteiger partial charge in [-0.25, -0.2) is 4.79 Å². The van der Waals surface area contributed by atoms with Crippen LogP contribution in [0, 0.1) is 0 Å². The first-order valence-electron chi connectivity index (χ1n) is 11.8. The molecule has 182 valence electrons. The van der Waals surface area contributed by atoms with Crippen molar-refractivity contribution in [3.63, 3.8) is 0 Å². The molecule has 34 heavy (non-hydrogen) atoms. The quantitative estimate of drug-likeness (QED) is 0.475. The fourth-order valence-corrected chi connectivity index (χ4v) is 4.41. The highest BCUT2D eigenvalue weighted by Crippen LogP contribution is 2.21. The van der Waals surface area contributed by atoms with Gasteiger partial charge in [0.15, 0.2) is 6.23 Å². The highest BCUT2D eigenvalue weighted by atomic mass is 35.5. The SMILES string of the molecule is CCc1nn([C@H](O)CCN2CCN(c3cccc(Cl)c3)CC2)c(=O)n1CCOc1ccccc1. The lowest BCUT2D eigenvalue weighted by molar-refractivity contribution is 0.0628. The van der Waals surface area contributed by atoms with E-state index in [4.69, 9.17) is 16.3 Å². The number of nitrogens with zero attached hydrogens (tertiary/aromatic N) is 5. The van der Waals surface area contributed by atoms with E-state index in [0.29, 0.717) is 38.4 Å². The summed E-state index contributed by atoms with van der Waals surface area (Å²) in [4.78, 5) is 17.5. The van der Waals surface area contributed by atoms with E-state index in [1.165, 1.54) is 4.68 Å². The van der Waals surface area contributed by atoms with Crippen molar-refractivity contribution >= 4 is 17.3 Å². The summed E-state index contributed by atoms with van der Waals surface area (Å²) in [6.07, 6.45) is 0.0869. The van der Waals surface area contributed by atoms with Crippen LogP contribution in [0.3, 0.4) is 0 Å². The van der Waals surface area contributed by atoms with Crippen LogP contribution in [0.5, 0.6) is 5.75 Å². The Morgan fingerprint density at radius 2 is 1.82 bits per heavy atom. The molecule has 0 aliphatic carbocycles. The highest BCUT2D eigenvalue weighted by molar-refractivity contribution is 6.30. The van der Waals surface area contributed by atoms with Gasteiger partial charge >= 0.3 is 5.69 Å². The standard InChI is InChI=1S/C25H32ClN5O3/c1-2-23-27-31(25(33)30(23)17-18-34-22-9-4-3-5-10-22)24(32)11-12-28-13-15-29(16-14-28)21-8-6-7-20(26)19-21/h3-10,19,24,32H,2,11-18H2,1H3/t24-/m1/s1. The first-order chi connectivity index (χ1) is 16.5. The van der Waals surface area contributed by atoms with E-state index in [1.807, 2.05) is 55.5 Å². The molecule has 0 saturated carbocycles. The Morgan fingerprint density at radius 1 is 1.06 bits per heavy atom. The number of benzene rings is 2. The Balaban J connectivity index is 1.29. The van der Waals surface area contributed by atoms with Crippen LogP contribution in [0.1, 0.15) is 25.4 Å². The molecule has 0 amide bonds. The minimum Gasteiger partial charge on any atom is -0.492 e. The summed E-state index contributed by atoms with van der Waals surface area (Å²) in [5.41, 5.74) is 0.833. The van der Waals surface area contributed by atoms with Gasteiger partial charge in [0.25, 0.3) is 0 Å². The molecule has 2 aromatic carbocycles. The number of hydrogen-bond donors (Lipinski definition) is 1. The number of aliphatic hydroxyl groups is 1. The van der Waals surface area contributed by atoms with Crippen molar-refractivity contribution < 1.29 is 9.84 Å². The van der Waals surface area contributed by atoms with Crippen LogP contribution >= 0.6 is 11.6 Å². The Labute approximate surface area is 204 Å². The number of aromatic nitrogens is 3. The Bertz CT molecular complexity index is 1110. The molecule has 9 heteroatoms. The van der Waals surface area contributed by atoms with Crippen LogP contribution in [-0.4, -0.2) is 63.7 Å². The summed E-state index contributed by atoms with van der Waals surface area (Å²) in [6.45, 7) is 6.96. The first kappa shape index (κ1) is 24.3. The van der Waals surface area contributed by atoms with Crippen molar-refractivity contribution in [1.29, 1.82) is 0 Å². The molecular weight excluding hydrogens is 454 g/mol. The second-order valence-electron chi connectivity index (χ2n) is 8.39. The number of hydrogen-bond acceptors (Lipinski definition) is 6. The van der Waals surface area contributed by atoms with Gasteiger partial charge in [0.2, 0.25) is 0 Å². The fraction of sp³-hybridized carbons (Fsp3) is 0.440. The molecule has 0 spiro atoms. The largest absolute Gasteiger partial charge is 0.492 e. The molecule has 4 rings (SSSR count). The van der Waals surface area contributed by atoms with Crippen molar-refractivity contribution in [2.45, 2.75) is 32.5 Å². The molecule has 1 fully saturated rings. The fourth-order valence-electron chi connectivity index (χ4n) is 4.23. The first-order valence-corrected chi connectivity index (χ1v) is 12.2. The van der Waals surface area contributed by atoms with Gasteiger partial charge in [-0.05, 0) is 30.3 Å². The van der Waals surface area contributed by atoms with Gasteiger partial charge in [-0.2, -0.15) is 9.78 Å². The minimum absolute atomic E-state index is 0.299. The van der Waals surface area contributed by atoms with E-state index in [0.717, 1.165) is 42.6 Å². The van der Waals surface area contributed by atoms with E-state index in [9.17, 15) is 9.90 Å². The second kappa shape index (κ2) is 11.6. The van der Waals surface area contributed by atoms with Gasteiger partial charge in [-0.15, -0.1) is 0 Å². The summed E-state index contributed by atoms with van der Waals surface area (Å²) >= 11 is 6.12. The molecule has 1 aliphatic heterocycles. The second-order valence-corrected chi connectivity index (χ2v) is 8.82. The normalized spacial score (nSPS) is 15.4. The molecular formula is C25H32ClN5O3. The maximum absolute atomic E-state index is 12.9. The Kier molecular flexibility index (Phi) is 8.26. The maximum atomic E-state index is 12.9. The number of halogens is 1. The molecule has 3 aromatic rings. The zero-order valence-corrected chi connectivity index (χ0v) is 20.3. The molecule has 1 N–H and O–H groups in total. The lowest BCUT2D eigenvalue weighted by Gasteiger charge is -2.36. The molecule has 1 atom stereocenters. The summed E-state index contributed by atoms with van der Waals surface area (Å²) in [7, 11) is 0. The molecule has 0 unspecified atom stereocenters. The number of ether oxygens (including phenoxy) is 1. The predicted octanol–water partition coefficient (Wildman–Crippen LogP) is 3.04. The van der Waals surface area contributed by atoms with Crippen molar-refractivity contribution in [3.05, 3.63) is 75.9 Å². The van der Waals surface area contributed by atoms with E-state index in [2.05, 4.69) is 21.0 Å². The summed E-state index contributed by atoms with van der Waals surface area (Å²) in [5.74, 6) is 1.41. The van der Waals surface area contributed by atoms with Crippen LogP contribution < -0.4 is 15.3 Å². The topological polar surface area (TPSA) is 75.8 Å². The highest BCUT2D eigenvalue weighted by Gasteiger charge is 2.21. The zero-order valence-electron chi connectivity index (χ0n) is 19.5. The molecule has 0 radical (unpaired) electrons. The number of aliphatic hydroxyl groups excluding tert-OH is 1. The number of aryl methyl sites for hydroxylation is 1. The molecule has 2 heterocycles. The third-order valence-corrected chi connectivity index (χ3v) is 6.37. The van der Waals surface area contributed by atoms with E-state index in [1.54, 1.807) is 4.57 Å². The van der Waals surface area contributed by atoms with Crippen LogP contribution in [0.25, 0.3) is 0 Å². The molecule has 8 nitrogen and oxygen atoms in total. The number of para-hydroxylation sites is 1. The summed E-state index contributed by atoms with van der Waals surface area (Å²) in [6, 6.07) is 17.4. The van der Waals surface area contributed by atoms with Crippen molar-refractivity contribution in [2.75, 3.05) is 44.2 Å². The Hall–Kier alpha value is -2.81. The lowest BCUT2D eigenvalue weighted by Crippen LogP contribution is -2.47. The van der Waals surface area contributed by atoms with Crippen LogP contribution in [0.15, 0.2) is 59.4 Å². The third kappa shape index (κ3) is 6.00. The van der Waals surface area contributed by atoms with E-state index >= 15 is 0 Å². The van der Waals surface area contributed by atoms with Crippen molar-refractivity contribution in [3.8, 4) is 5.75 Å². The number of piperazine rings is 1. The van der Waals surface area contributed by atoms with Crippen LogP contribution in [0.4, 0.5) is 5.69 Å². The van der Waals surface area contributed by atoms with Gasteiger partial charge in [-0.1, -0.05) is 42.8 Å². The summed E-state index contributed by atoms with van der Waals surface area (Å²) < 4.78 is 8.54. The number of anilines is 1. The smallest absolute Gasteiger partial charge is 0.348 e. The Morgan fingerprint density at radius 3 is 2.53 bits per heavy atom. The monoisotopic (exact) mass is 485 g/mol. The van der Waals surface area contributed by atoms with Gasteiger partial charge < -0.3 is 14.7 Å². The molecule has 1 aromatic heterocycles. The maximum Gasteiger partial charge on any atom is 0.348 e. The zero-order chi connectivity index (χ0) is 23.9. The minimum atomic E-state index is -0.958.